The van der Waals surface area contributed by atoms with Gasteiger partial charge in [0.25, 0.3) is 5.91 Å². The van der Waals surface area contributed by atoms with Crippen LogP contribution in [0.4, 0.5) is 4.39 Å². The highest BCUT2D eigenvalue weighted by molar-refractivity contribution is 5.94. The molecule has 0 aliphatic carbocycles. The van der Waals surface area contributed by atoms with Gasteiger partial charge in [-0.15, -0.1) is 0 Å². The van der Waals surface area contributed by atoms with E-state index >= 15 is 0 Å². The van der Waals surface area contributed by atoms with E-state index in [2.05, 4.69) is 16.0 Å². The van der Waals surface area contributed by atoms with E-state index in [0.717, 1.165) is 36.2 Å². The molecule has 6 heteroatoms. The van der Waals surface area contributed by atoms with Crippen molar-refractivity contribution in [3.63, 3.8) is 0 Å². The molecule has 2 aromatic carbocycles. The number of hydrogen-bond acceptors (Lipinski definition) is 3. The molecule has 3 rings (SSSR count). The molecule has 0 radical (unpaired) electrons. The molecule has 0 saturated heterocycles. The summed E-state index contributed by atoms with van der Waals surface area (Å²) < 4.78 is 20.3. The smallest absolute Gasteiger partial charge is 0.251 e. The molecule has 0 unspecified atom stereocenters. The van der Waals surface area contributed by atoms with Crippen molar-refractivity contribution in [3.8, 4) is 0 Å². The van der Waals surface area contributed by atoms with Gasteiger partial charge in [-0.25, -0.2) is 9.37 Å². The molecule has 136 valence electrons. The molecule has 3 aromatic rings. The van der Waals surface area contributed by atoms with Crippen LogP contribution in [0.3, 0.4) is 0 Å². The van der Waals surface area contributed by atoms with Gasteiger partial charge in [-0.3, -0.25) is 4.79 Å². The van der Waals surface area contributed by atoms with Crippen LogP contribution in [0.2, 0.25) is 0 Å². The molecular formula is C20H22FN3O2. The van der Waals surface area contributed by atoms with E-state index < -0.39 is 0 Å². The molecule has 0 aliphatic rings. The van der Waals surface area contributed by atoms with E-state index in [1.807, 2.05) is 18.2 Å². The largest absolute Gasteiger partial charge is 0.383 e. The van der Waals surface area contributed by atoms with E-state index in [-0.39, 0.29) is 11.7 Å². The second-order valence-corrected chi connectivity index (χ2v) is 6.03. The topological polar surface area (TPSA) is 56.1 Å². The fourth-order valence-electron chi connectivity index (χ4n) is 2.90. The Morgan fingerprint density at radius 1 is 1.19 bits per heavy atom. The van der Waals surface area contributed by atoms with Crippen molar-refractivity contribution in [2.75, 3.05) is 20.3 Å². The molecule has 0 saturated carbocycles. The van der Waals surface area contributed by atoms with E-state index in [9.17, 15) is 9.18 Å². The van der Waals surface area contributed by atoms with E-state index in [4.69, 9.17) is 9.72 Å². The highest BCUT2D eigenvalue weighted by Gasteiger charge is 2.10. The van der Waals surface area contributed by atoms with Gasteiger partial charge in [-0.05, 0) is 42.8 Å². The maximum absolute atomic E-state index is 12.9. The van der Waals surface area contributed by atoms with Gasteiger partial charge in [-0.2, -0.15) is 0 Å². The second kappa shape index (κ2) is 8.58. The summed E-state index contributed by atoms with van der Waals surface area (Å²) in [5.41, 5.74) is 2.52. The summed E-state index contributed by atoms with van der Waals surface area (Å²) >= 11 is 0. The number of nitrogens with one attached hydrogen (secondary N) is 1. The average Bonchev–Trinajstić information content (AvgIpc) is 3.01. The van der Waals surface area contributed by atoms with Gasteiger partial charge >= 0.3 is 0 Å². The minimum atomic E-state index is -0.350. The first-order valence-electron chi connectivity index (χ1n) is 8.66. The fraction of sp³-hybridized carbons (Fsp3) is 0.300. The molecule has 0 bridgehead atoms. The van der Waals surface area contributed by atoms with Crippen LogP contribution < -0.4 is 5.32 Å². The number of imidazole rings is 1. The van der Waals surface area contributed by atoms with E-state index in [1.54, 1.807) is 7.11 Å². The Hall–Kier alpha value is -2.73. The third kappa shape index (κ3) is 4.26. The van der Waals surface area contributed by atoms with Crippen LogP contribution in [0.25, 0.3) is 11.0 Å². The number of rotatable bonds is 8. The van der Waals surface area contributed by atoms with Crippen molar-refractivity contribution in [1.82, 2.24) is 14.9 Å². The molecule has 1 N–H and O–H groups in total. The number of carbonyl (C=O) groups is 1. The van der Waals surface area contributed by atoms with Gasteiger partial charge in [0, 0.05) is 32.2 Å². The zero-order valence-electron chi connectivity index (χ0n) is 14.7. The summed E-state index contributed by atoms with van der Waals surface area (Å²) in [7, 11) is 1.68. The van der Waals surface area contributed by atoms with Crippen molar-refractivity contribution in [1.29, 1.82) is 0 Å². The van der Waals surface area contributed by atoms with Gasteiger partial charge in [-0.1, -0.05) is 12.1 Å². The van der Waals surface area contributed by atoms with Crippen LogP contribution in [0.1, 0.15) is 22.6 Å². The van der Waals surface area contributed by atoms with Crippen LogP contribution in [0.5, 0.6) is 0 Å². The summed E-state index contributed by atoms with van der Waals surface area (Å²) in [6, 6.07) is 13.6. The first-order chi connectivity index (χ1) is 12.7. The predicted octanol–water partition coefficient (Wildman–Crippen LogP) is 3.18. The highest BCUT2D eigenvalue weighted by Crippen LogP contribution is 2.17. The lowest BCUT2D eigenvalue weighted by atomic mass is 10.2. The number of carbonyl (C=O) groups excluding carboxylic acids is 1. The van der Waals surface area contributed by atoms with Crippen molar-refractivity contribution < 1.29 is 13.9 Å². The quantitative estimate of drug-likeness (QED) is 0.632. The van der Waals surface area contributed by atoms with Crippen molar-refractivity contribution in [2.24, 2.45) is 0 Å². The fourth-order valence-corrected chi connectivity index (χ4v) is 2.90. The molecule has 1 aromatic heterocycles. The summed E-state index contributed by atoms with van der Waals surface area (Å²) in [5, 5.41) is 2.86. The van der Waals surface area contributed by atoms with Gasteiger partial charge in [0.15, 0.2) is 0 Å². The molecule has 1 heterocycles. The highest BCUT2D eigenvalue weighted by atomic mass is 19.1. The molecule has 0 aliphatic heterocycles. The Morgan fingerprint density at radius 2 is 1.96 bits per heavy atom. The summed E-state index contributed by atoms with van der Waals surface area (Å²) in [5.74, 6) is 0.439. The van der Waals surface area contributed by atoms with Crippen LogP contribution >= 0.6 is 0 Å². The minimum absolute atomic E-state index is 0.196. The number of methoxy groups -OCH3 is 1. The SMILES string of the molecule is COCCn1c(CCCNC(=O)c2ccc(F)cc2)nc2ccccc21. The zero-order chi connectivity index (χ0) is 18.4. The summed E-state index contributed by atoms with van der Waals surface area (Å²) in [6.45, 7) is 1.90. The molecule has 1 amide bonds. The predicted molar refractivity (Wildman–Crippen MR) is 98.7 cm³/mol. The Kier molecular flexibility index (Phi) is 5.96. The number of aryl methyl sites for hydroxylation is 1. The molecular weight excluding hydrogens is 333 g/mol. The Balaban J connectivity index is 1.59. The van der Waals surface area contributed by atoms with Gasteiger partial charge in [0.1, 0.15) is 11.6 Å². The molecule has 5 nitrogen and oxygen atoms in total. The Bertz CT molecular complexity index is 874. The lowest BCUT2D eigenvalue weighted by Gasteiger charge is -2.09. The number of nitrogens with zero attached hydrogens (tertiary/aromatic N) is 2. The molecule has 0 atom stereocenters. The standard InChI is InChI=1S/C20H22FN3O2/c1-26-14-13-24-18-6-3-2-5-17(18)23-19(24)7-4-12-22-20(25)15-8-10-16(21)11-9-15/h2-3,5-6,8-11H,4,7,12-14H2,1H3,(H,22,25). The summed E-state index contributed by atoms with van der Waals surface area (Å²) in [6.07, 6.45) is 1.52. The van der Waals surface area contributed by atoms with Crippen LogP contribution in [0.15, 0.2) is 48.5 Å². The number of hydrogen-bond donors (Lipinski definition) is 1. The Labute approximate surface area is 151 Å². The third-order valence-corrected chi connectivity index (χ3v) is 4.22. The maximum atomic E-state index is 12.9. The Morgan fingerprint density at radius 3 is 2.73 bits per heavy atom. The normalized spacial score (nSPS) is 11.0. The number of halogens is 1. The lowest BCUT2D eigenvalue weighted by Crippen LogP contribution is -2.25. The third-order valence-electron chi connectivity index (χ3n) is 4.22. The van der Waals surface area contributed by atoms with Crippen LogP contribution in [-0.4, -0.2) is 35.7 Å². The molecule has 0 fully saturated rings. The number of aromatic nitrogens is 2. The molecule has 0 spiro atoms. The van der Waals surface area contributed by atoms with E-state index in [1.165, 1.54) is 24.3 Å². The number of fused-ring (bicyclic) bond motifs is 1. The number of benzene rings is 2. The first kappa shape index (κ1) is 18.1. The minimum Gasteiger partial charge on any atom is -0.383 e. The monoisotopic (exact) mass is 355 g/mol. The van der Waals surface area contributed by atoms with Crippen molar-refractivity contribution >= 4 is 16.9 Å². The number of amides is 1. The second-order valence-electron chi connectivity index (χ2n) is 6.03. The van der Waals surface area contributed by atoms with Crippen molar-refractivity contribution in [2.45, 2.75) is 19.4 Å². The maximum Gasteiger partial charge on any atom is 0.251 e. The molecule has 26 heavy (non-hydrogen) atoms. The summed E-state index contributed by atoms with van der Waals surface area (Å²) in [4.78, 5) is 16.7. The van der Waals surface area contributed by atoms with Gasteiger partial charge in [0.2, 0.25) is 0 Å². The van der Waals surface area contributed by atoms with E-state index in [0.29, 0.717) is 18.7 Å². The zero-order valence-corrected chi connectivity index (χ0v) is 14.7. The van der Waals surface area contributed by atoms with Gasteiger partial charge < -0.3 is 14.6 Å². The van der Waals surface area contributed by atoms with Crippen LogP contribution in [0, 0.1) is 5.82 Å². The van der Waals surface area contributed by atoms with Crippen molar-refractivity contribution in [3.05, 3.63) is 65.7 Å². The van der Waals surface area contributed by atoms with Crippen LogP contribution in [-0.2, 0) is 17.7 Å². The lowest BCUT2D eigenvalue weighted by molar-refractivity contribution is 0.0953. The number of ether oxygens (including phenoxy) is 1. The first-order valence-corrected chi connectivity index (χ1v) is 8.66. The van der Waals surface area contributed by atoms with Gasteiger partial charge in [0.05, 0.1) is 17.6 Å². The number of para-hydroxylation sites is 2. The average molecular weight is 355 g/mol.